The predicted molar refractivity (Wildman–Crippen MR) is 66.1 cm³/mol. The third kappa shape index (κ3) is 1.85. The van der Waals surface area contributed by atoms with E-state index in [9.17, 15) is 9.90 Å². The molecule has 0 bridgehead atoms. The SMILES string of the molecule is COc1c(O)cc(Br)c(C)c1C1(N=C=O)CC1. The van der Waals surface area contributed by atoms with Crippen molar-refractivity contribution in [3.05, 3.63) is 21.7 Å². The summed E-state index contributed by atoms with van der Waals surface area (Å²) in [7, 11) is 1.49. The summed E-state index contributed by atoms with van der Waals surface area (Å²) in [5.74, 6) is 0.439. The van der Waals surface area contributed by atoms with Crippen LogP contribution in [0.2, 0.25) is 0 Å². The van der Waals surface area contributed by atoms with Gasteiger partial charge in [0.2, 0.25) is 6.08 Å². The maximum atomic E-state index is 10.5. The van der Waals surface area contributed by atoms with Crippen molar-refractivity contribution in [3.63, 3.8) is 0 Å². The molecule has 0 aromatic heterocycles. The van der Waals surface area contributed by atoms with Gasteiger partial charge in [-0.2, -0.15) is 4.99 Å². The minimum Gasteiger partial charge on any atom is -0.504 e. The Balaban J connectivity index is 2.71. The number of isocyanates is 1. The number of hydrogen-bond acceptors (Lipinski definition) is 4. The largest absolute Gasteiger partial charge is 0.504 e. The highest BCUT2D eigenvalue weighted by Gasteiger charge is 2.48. The molecule has 1 aliphatic rings. The van der Waals surface area contributed by atoms with Crippen LogP contribution in [0.4, 0.5) is 0 Å². The van der Waals surface area contributed by atoms with E-state index in [1.54, 1.807) is 12.1 Å². The lowest BCUT2D eigenvalue weighted by atomic mass is 9.98. The molecular formula is C12H12BrNO3. The first-order chi connectivity index (χ1) is 8.05. The van der Waals surface area contributed by atoms with E-state index in [1.165, 1.54) is 7.11 Å². The smallest absolute Gasteiger partial charge is 0.235 e. The zero-order chi connectivity index (χ0) is 12.6. The molecule has 5 heteroatoms. The second-order valence-corrected chi connectivity index (χ2v) is 5.00. The second-order valence-electron chi connectivity index (χ2n) is 4.15. The van der Waals surface area contributed by atoms with Crippen molar-refractivity contribution in [3.8, 4) is 11.5 Å². The molecule has 1 N–H and O–H groups in total. The van der Waals surface area contributed by atoms with Gasteiger partial charge in [0.25, 0.3) is 0 Å². The van der Waals surface area contributed by atoms with Crippen molar-refractivity contribution in [1.29, 1.82) is 0 Å². The lowest BCUT2D eigenvalue weighted by Crippen LogP contribution is -2.08. The average molecular weight is 298 g/mol. The Hall–Kier alpha value is -1.32. The summed E-state index contributed by atoms with van der Waals surface area (Å²) in [6, 6.07) is 1.58. The number of phenolic OH excluding ortho intramolecular Hbond substituents is 1. The van der Waals surface area contributed by atoms with Crippen LogP contribution in [0.15, 0.2) is 15.5 Å². The van der Waals surface area contributed by atoms with Crippen LogP contribution in [-0.4, -0.2) is 18.3 Å². The van der Waals surface area contributed by atoms with Crippen molar-refractivity contribution < 1.29 is 14.6 Å². The molecule has 0 amide bonds. The van der Waals surface area contributed by atoms with Crippen LogP contribution in [-0.2, 0) is 10.3 Å². The van der Waals surface area contributed by atoms with E-state index in [0.717, 1.165) is 28.4 Å². The number of carbonyl (C=O) groups excluding carboxylic acids is 1. The van der Waals surface area contributed by atoms with Crippen molar-refractivity contribution in [2.24, 2.45) is 4.99 Å². The van der Waals surface area contributed by atoms with Gasteiger partial charge in [-0.15, -0.1) is 0 Å². The average Bonchev–Trinajstić information content (AvgIpc) is 3.04. The van der Waals surface area contributed by atoms with Gasteiger partial charge in [0.05, 0.1) is 7.11 Å². The number of aliphatic imine (C=N–C) groups is 1. The van der Waals surface area contributed by atoms with Gasteiger partial charge in [0.15, 0.2) is 11.5 Å². The number of aromatic hydroxyl groups is 1. The van der Waals surface area contributed by atoms with Crippen LogP contribution in [0, 0.1) is 6.92 Å². The van der Waals surface area contributed by atoms with Crippen LogP contribution in [0.1, 0.15) is 24.0 Å². The summed E-state index contributed by atoms with van der Waals surface area (Å²) in [5.41, 5.74) is 1.14. The molecule has 2 rings (SSSR count). The summed E-state index contributed by atoms with van der Waals surface area (Å²) < 4.78 is 6.00. The van der Waals surface area contributed by atoms with Crippen LogP contribution < -0.4 is 4.74 Å². The Kier molecular flexibility index (Phi) is 2.98. The first kappa shape index (κ1) is 12.1. The van der Waals surface area contributed by atoms with Gasteiger partial charge >= 0.3 is 0 Å². The molecule has 0 atom stereocenters. The number of nitrogens with zero attached hydrogens (tertiary/aromatic N) is 1. The molecule has 90 valence electrons. The van der Waals surface area contributed by atoms with Crippen LogP contribution >= 0.6 is 15.9 Å². The fourth-order valence-corrected chi connectivity index (χ4v) is 2.52. The molecule has 17 heavy (non-hydrogen) atoms. The van der Waals surface area contributed by atoms with Gasteiger partial charge in [0.1, 0.15) is 5.54 Å². The van der Waals surface area contributed by atoms with E-state index in [4.69, 9.17) is 4.74 Å². The van der Waals surface area contributed by atoms with Crippen molar-refractivity contribution in [2.75, 3.05) is 7.11 Å². The van der Waals surface area contributed by atoms with E-state index >= 15 is 0 Å². The minimum atomic E-state index is -0.557. The summed E-state index contributed by atoms with van der Waals surface area (Å²) in [6.45, 7) is 1.90. The monoisotopic (exact) mass is 297 g/mol. The zero-order valence-electron chi connectivity index (χ0n) is 9.58. The summed E-state index contributed by atoms with van der Waals surface area (Å²) in [6.07, 6.45) is 3.16. The van der Waals surface area contributed by atoms with Crippen molar-refractivity contribution in [1.82, 2.24) is 0 Å². The quantitative estimate of drug-likeness (QED) is 0.689. The molecular weight excluding hydrogens is 286 g/mol. The van der Waals surface area contributed by atoms with Gasteiger partial charge < -0.3 is 9.84 Å². The molecule has 1 aromatic carbocycles. The van der Waals surface area contributed by atoms with E-state index in [0.29, 0.717) is 5.75 Å². The molecule has 1 fully saturated rings. The van der Waals surface area contributed by atoms with Crippen LogP contribution in [0.25, 0.3) is 0 Å². The molecule has 0 saturated heterocycles. The first-order valence-electron chi connectivity index (χ1n) is 5.21. The molecule has 0 heterocycles. The number of hydrogen-bond donors (Lipinski definition) is 1. The van der Waals surface area contributed by atoms with E-state index in [1.807, 2.05) is 6.92 Å². The van der Waals surface area contributed by atoms with Gasteiger partial charge in [0, 0.05) is 10.0 Å². The standard InChI is InChI=1S/C12H12BrNO3/c1-7-8(13)5-9(16)11(17-2)10(7)12(3-4-12)14-6-15/h5,16H,3-4H2,1-2H3. The second kappa shape index (κ2) is 4.17. The Morgan fingerprint density at radius 3 is 2.71 bits per heavy atom. The Morgan fingerprint density at radius 1 is 1.59 bits per heavy atom. The highest BCUT2D eigenvalue weighted by Crippen LogP contribution is 2.56. The Bertz CT molecular complexity index is 517. The van der Waals surface area contributed by atoms with Gasteiger partial charge in [-0.1, -0.05) is 15.9 Å². The lowest BCUT2D eigenvalue weighted by Gasteiger charge is -2.18. The first-order valence-corrected chi connectivity index (χ1v) is 6.00. The Morgan fingerprint density at radius 2 is 2.24 bits per heavy atom. The topological polar surface area (TPSA) is 58.9 Å². The van der Waals surface area contributed by atoms with E-state index in [2.05, 4.69) is 20.9 Å². The molecule has 0 radical (unpaired) electrons. The molecule has 1 saturated carbocycles. The van der Waals surface area contributed by atoms with Crippen LogP contribution in [0.3, 0.4) is 0 Å². The maximum absolute atomic E-state index is 10.5. The van der Waals surface area contributed by atoms with Gasteiger partial charge in [-0.05, 0) is 31.4 Å². The zero-order valence-corrected chi connectivity index (χ0v) is 11.2. The Labute approximate surface area is 107 Å². The molecule has 4 nitrogen and oxygen atoms in total. The molecule has 0 unspecified atom stereocenters. The van der Waals surface area contributed by atoms with Gasteiger partial charge in [-0.25, -0.2) is 4.79 Å². The number of methoxy groups -OCH3 is 1. The minimum absolute atomic E-state index is 0.0485. The fourth-order valence-electron chi connectivity index (χ4n) is 2.10. The molecule has 1 aromatic rings. The van der Waals surface area contributed by atoms with Crippen LogP contribution in [0.5, 0.6) is 11.5 Å². The molecule has 0 aliphatic heterocycles. The highest BCUT2D eigenvalue weighted by molar-refractivity contribution is 9.10. The normalized spacial score (nSPS) is 16.2. The summed E-state index contributed by atoms with van der Waals surface area (Å²) >= 11 is 3.38. The third-order valence-corrected chi connectivity index (χ3v) is 3.93. The number of benzene rings is 1. The highest BCUT2D eigenvalue weighted by atomic mass is 79.9. The summed E-state index contributed by atoms with van der Waals surface area (Å²) in [5, 5.41) is 9.86. The lowest BCUT2D eigenvalue weighted by molar-refractivity contribution is 0.364. The van der Waals surface area contributed by atoms with E-state index < -0.39 is 5.54 Å². The molecule has 0 spiro atoms. The fraction of sp³-hybridized carbons (Fsp3) is 0.417. The number of ether oxygens (including phenoxy) is 1. The molecule has 1 aliphatic carbocycles. The van der Waals surface area contributed by atoms with E-state index in [-0.39, 0.29) is 5.75 Å². The number of rotatable bonds is 3. The number of phenols is 1. The third-order valence-electron chi connectivity index (χ3n) is 3.11. The predicted octanol–water partition coefficient (Wildman–Crippen LogP) is 2.80. The van der Waals surface area contributed by atoms with Crippen molar-refractivity contribution >= 4 is 22.0 Å². The van der Waals surface area contributed by atoms with Gasteiger partial charge in [-0.3, -0.25) is 0 Å². The van der Waals surface area contributed by atoms with Crippen molar-refractivity contribution in [2.45, 2.75) is 25.3 Å². The summed E-state index contributed by atoms with van der Waals surface area (Å²) in [4.78, 5) is 14.4. The number of halogens is 1. The maximum Gasteiger partial charge on any atom is 0.235 e.